The molecule has 3 rings (SSSR count). The Morgan fingerprint density at radius 3 is 2.83 bits per heavy atom. The topological polar surface area (TPSA) is 73.8 Å². The fraction of sp³-hybridized carbons (Fsp3) is 0.571. The highest BCUT2D eigenvalue weighted by atomic mass is 35.5. The molecule has 0 saturated carbocycles. The summed E-state index contributed by atoms with van der Waals surface area (Å²) in [4.78, 5) is 22.9. The SMILES string of the molecule is CC(C)[C@@H]1CN(C(=O)OC(C)(C)C)C[C@@H](COc2nc(Cl)cc3ncccc23)O1. The normalized spacial score (nSPS) is 20.2. The van der Waals surface area contributed by atoms with Gasteiger partial charge in [-0.1, -0.05) is 25.4 Å². The summed E-state index contributed by atoms with van der Waals surface area (Å²) in [6.45, 7) is 10.8. The van der Waals surface area contributed by atoms with E-state index in [1.165, 1.54) is 0 Å². The average molecular weight is 422 g/mol. The monoisotopic (exact) mass is 421 g/mol. The third kappa shape index (κ3) is 5.70. The van der Waals surface area contributed by atoms with Gasteiger partial charge in [0.05, 0.1) is 30.1 Å². The molecule has 7 nitrogen and oxygen atoms in total. The Hall–Kier alpha value is -2.12. The van der Waals surface area contributed by atoms with Crippen molar-refractivity contribution in [2.45, 2.75) is 52.4 Å². The smallest absolute Gasteiger partial charge is 0.410 e. The maximum absolute atomic E-state index is 12.6. The Balaban J connectivity index is 1.73. The number of carbonyl (C=O) groups excluding carboxylic acids is 1. The summed E-state index contributed by atoms with van der Waals surface area (Å²) in [6.07, 6.45) is 0.942. The Labute approximate surface area is 176 Å². The molecule has 158 valence electrons. The summed E-state index contributed by atoms with van der Waals surface area (Å²) in [7, 11) is 0. The van der Waals surface area contributed by atoms with E-state index in [1.54, 1.807) is 17.2 Å². The molecule has 0 radical (unpaired) electrons. The molecule has 1 amide bonds. The standard InChI is InChI=1S/C21H28ClN3O4/c1-13(2)17-11-25(20(26)29-21(3,4)5)10-14(28-17)12-27-19-15-7-6-8-23-16(15)9-18(22)24-19/h6-9,13-14,17H,10-12H2,1-5H3/t14-,17-/m0/s1. The summed E-state index contributed by atoms with van der Waals surface area (Å²) in [5.74, 6) is 0.650. The molecule has 1 fully saturated rings. The van der Waals surface area contributed by atoms with Crippen LogP contribution in [0.15, 0.2) is 24.4 Å². The van der Waals surface area contributed by atoms with Crippen LogP contribution in [0.25, 0.3) is 10.9 Å². The van der Waals surface area contributed by atoms with Crippen LogP contribution in [0, 0.1) is 5.92 Å². The molecule has 1 aliphatic heterocycles. The lowest BCUT2D eigenvalue weighted by atomic mass is 10.0. The van der Waals surface area contributed by atoms with Crippen LogP contribution in [0.1, 0.15) is 34.6 Å². The molecule has 3 heterocycles. The van der Waals surface area contributed by atoms with Crippen LogP contribution in [0.5, 0.6) is 5.88 Å². The van der Waals surface area contributed by atoms with Gasteiger partial charge >= 0.3 is 6.09 Å². The molecule has 0 N–H and O–H groups in total. The minimum atomic E-state index is -0.550. The van der Waals surface area contributed by atoms with Crippen LogP contribution in [-0.4, -0.2) is 58.5 Å². The molecule has 8 heteroatoms. The van der Waals surface area contributed by atoms with Gasteiger partial charge in [0.1, 0.15) is 23.5 Å². The minimum Gasteiger partial charge on any atom is -0.474 e. The molecule has 1 aliphatic rings. The Morgan fingerprint density at radius 1 is 1.38 bits per heavy atom. The van der Waals surface area contributed by atoms with Gasteiger partial charge in [-0.05, 0) is 38.8 Å². The number of fused-ring (bicyclic) bond motifs is 1. The molecule has 0 aromatic carbocycles. The van der Waals surface area contributed by atoms with Crippen molar-refractivity contribution in [3.63, 3.8) is 0 Å². The van der Waals surface area contributed by atoms with Crippen molar-refractivity contribution in [1.29, 1.82) is 0 Å². The third-order valence-electron chi connectivity index (χ3n) is 4.53. The molecule has 2 aromatic heterocycles. The van der Waals surface area contributed by atoms with Crippen LogP contribution < -0.4 is 4.74 Å². The first-order valence-electron chi connectivity index (χ1n) is 9.80. The van der Waals surface area contributed by atoms with Crippen molar-refractivity contribution in [3.05, 3.63) is 29.5 Å². The molecule has 2 aromatic rings. The summed E-state index contributed by atoms with van der Waals surface area (Å²) in [6, 6.07) is 5.40. The van der Waals surface area contributed by atoms with Gasteiger partial charge in [0.25, 0.3) is 0 Å². The van der Waals surface area contributed by atoms with Crippen LogP contribution in [0.3, 0.4) is 0 Å². The van der Waals surface area contributed by atoms with E-state index < -0.39 is 5.60 Å². The number of rotatable bonds is 4. The first-order chi connectivity index (χ1) is 13.6. The second-order valence-corrected chi connectivity index (χ2v) is 8.94. The molecule has 29 heavy (non-hydrogen) atoms. The number of amides is 1. The predicted octanol–water partition coefficient (Wildman–Crippen LogP) is 4.32. The highest BCUT2D eigenvalue weighted by Gasteiger charge is 2.34. The van der Waals surface area contributed by atoms with Crippen LogP contribution >= 0.6 is 11.6 Å². The second-order valence-electron chi connectivity index (χ2n) is 8.56. The zero-order valence-corrected chi connectivity index (χ0v) is 18.3. The van der Waals surface area contributed by atoms with Gasteiger partial charge in [0, 0.05) is 12.3 Å². The first-order valence-corrected chi connectivity index (χ1v) is 10.2. The van der Waals surface area contributed by atoms with Crippen molar-refractivity contribution in [2.75, 3.05) is 19.7 Å². The highest BCUT2D eigenvalue weighted by Crippen LogP contribution is 2.26. The van der Waals surface area contributed by atoms with E-state index in [9.17, 15) is 4.79 Å². The quantitative estimate of drug-likeness (QED) is 0.684. The van der Waals surface area contributed by atoms with Crippen molar-refractivity contribution < 1.29 is 19.0 Å². The highest BCUT2D eigenvalue weighted by molar-refractivity contribution is 6.30. The van der Waals surface area contributed by atoms with Crippen molar-refractivity contribution in [2.24, 2.45) is 5.92 Å². The largest absolute Gasteiger partial charge is 0.474 e. The molecule has 0 aliphatic carbocycles. The molecule has 0 unspecified atom stereocenters. The number of carbonyl (C=O) groups is 1. The zero-order chi connectivity index (χ0) is 21.2. The van der Waals surface area contributed by atoms with Crippen molar-refractivity contribution in [3.8, 4) is 5.88 Å². The number of aromatic nitrogens is 2. The number of ether oxygens (including phenoxy) is 3. The molecule has 1 saturated heterocycles. The van der Waals surface area contributed by atoms with Gasteiger partial charge in [0.2, 0.25) is 5.88 Å². The Morgan fingerprint density at radius 2 is 2.14 bits per heavy atom. The molecular formula is C21H28ClN3O4. The predicted molar refractivity (Wildman–Crippen MR) is 111 cm³/mol. The van der Waals surface area contributed by atoms with Gasteiger partial charge in [-0.15, -0.1) is 0 Å². The number of pyridine rings is 2. The summed E-state index contributed by atoms with van der Waals surface area (Å²) in [5.41, 5.74) is 0.160. The maximum Gasteiger partial charge on any atom is 0.410 e. The summed E-state index contributed by atoms with van der Waals surface area (Å²) in [5, 5.41) is 1.09. The van der Waals surface area contributed by atoms with E-state index in [0.717, 1.165) is 5.39 Å². The molecular weight excluding hydrogens is 394 g/mol. The average Bonchev–Trinajstić information content (AvgIpc) is 2.64. The van der Waals surface area contributed by atoms with Gasteiger partial charge in [-0.3, -0.25) is 4.98 Å². The number of hydrogen-bond acceptors (Lipinski definition) is 6. The van der Waals surface area contributed by atoms with E-state index in [0.29, 0.717) is 29.6 Å². The first kappa shape index (κ1) is 21.6. The van der Waals surface area contributed by atoms with Crippen LogP contribution in [0.4, 0.5) is 4.79 Å². The van der Waals surface area contributed by atoms with E-state index in [-0.39, 0.29) is 30.8 Å². The lowest BCUT2D eigenvalue weighted by Gasteiger charge is -2.39. The van der Waals surface area contributed by atoms with Crippen LogP contribution in [0.2, 0.25) is 5.15 Å². The third-order valence-corrected chi connectivity index (χ3v) is 4.72. The fourth-order valence-electron chi connectivity index (χ4n) is 3.10. The van der Waals surface area contributed by atoms with Gasteiger partial charge < -0.3 is 19.1 Å². The summed E-state index contributed by atoms with van der Waals surface area (Å²) < 4.78 is 17.7. The van der Waals surface area contributed by atoms with Gasteiger partial charge in [0.15, 0.2) is 0 Å². The van der Waals surface area contributed by atoms with Crippen molar-refractivity contribution >= 4 is 28.6 Å². The fourth-order valence-corrected chi connectivity index (χ4v) is 3.28. The zero-order valence-electron chi connectivity index (χ0n) is 17.5. The minimum absolute atomic E-state index is 0.101. The Bertz CT molecular complexity index is 869. The summed E-state index contributed by atoms with van der Waals surface area (Å²) >= 11 is 6.10. The lowest BCUT2D eigenvalue weighted by Crippen LogP contribution is -2.54. The maximum atomic E-state index is 12.6. The second kappa shape index (κ2) is 8.71. The number of halogens is 1. The van der Waals surface area contributed by atoms with E-state index in [2.05, 4.69) is 23.8 Å². The molecule has 0 bridgehead atoms. The molecule has 0 spiro atoms. The number of nitrogens with zero attached hydrogens (tertiary/aromatic N) is 3. The van der Waals surface area contributed by atoms with E-state index >= 15 is 0 Å². The van der Waals surface area contributed by atoms with Gasteiger partial charge in [-0.2, -0.15) is 0 Å². The number of morpholine rings is 1. The van der Waals surface area contributed by atoms with Crippen LogP contribution in [-0.2, 0) is 9.47 Å². The van der Waals surface area contributed by atoms with Gasteiger partial charge in [-0.25, -0.2) is 9.78 Å². The number of hydrogen-bond donors (Lipinski definition) is 0. The van der Waals surface area contributed by atoms with E-state index in [1.807, 2.05) is 32.9 Å². The van der Waals surface area contributed by atoms with E-state index in [4.69, 9.17) is 25.8 Å². The lowest BCUT2D eigenvalue weighted by molar-refractivity contribution is -0.114. The molecule has 2 atom stereocenters. The van der Waals surface area contributed by atoms with Crippen molar-refractivity contribution in [1.82, 2.24) is 14.9 Å². The Kier molecular flexibility index (Phi) is 6.49.